The van der Waals surface area contributed by atoms with Crippen molar-refractivity contribution in [3.05, 3.63) is 89.0 Å². The zero-order valence-corrected chi connectivity index (χ0v) is 33.6. The Morgan fingerprint density at radius 2 is 1.78 bits per heavy atom. The third-order valence-electron chi connectivity index (χ3n) is 9.86. The smallest absolute Gasteiger partial charge is 0.348 e. The van der Waals surface area contributed by atoms with E-state index in [-0.39, 0.29) is 50.2 Å². The number of rotatable bonds is 15. The average molecular weight is 805 g/mol. The number of aliphatic hydroxyl groups excluding tert-OH is 1. The van der Waals surface area contributed by atoms with Gasteiger partial charge in [-0.15, -0.1) is 0 Å². The summed E-state index contributed by atoms with van der Waals surface area (Å²) in [7, 11) is 1.50. The first kappa shape index (κ1) is 43.7. The van der Waals surface area contributed by atoms with Crippen LogP contribution in [0.3, 0.4) is 0 Å². The lowest BCUT2D eigenvalue weighted by molar-refractivity contribution is -0.159. The molecule has 15 heteroatoms. The zero-order chi connectivity index (χ0) is 42.2. The summed E-state index contributed by atoms with van der Waals surface area (Å²) in [6.45, 7) is 8.37. The molecule has 0 aromatic heterocycles. The van der Waals surface area contributed by atoms with E-state index in [2.05, 4.69) is 5.32 Å². The second kappa shape index (κ2) is 18.9. The molecule has 6 atom stereocenters. The van der Waals surface area contributed by atoms with Gasteiger partial charge in [-0.3, -0.25) is 14.4 Å². The van der Waals surface area contributed by atoms with E-state index in [1.165, 1.54) is 30.2 Å². The molecule has 1 aliphatic carbocycles. The number of aliphatic hydroxyl groups is 1. The molecule has 3 aliphatic rings. The van der Waals surface area contributed by atoms with Gasteiger partial charge in [-0.05, 0) is 62.6 Å². The first-order valence-corrected chi connectivity index (χ1v) is 19.2. The predicted octanol–water partition coefficient (Wildman–Crippen LogP) is 3.46. The molecule has 2 heterocycles. The summed E-state index contributed by atoms with van der Waals surface area (Å²) in [5, 5.41) is 12.9. The van der Waals surface area contributed by atoms with Crippen molar-refractivity contribution in [3.63, 3.8) is 0 Å². The third kappa shape index (κ3) is 11.6. The highest BCUT2D eigenvalue weighted by atomic mass is 16.7. The first-order chi connectivity index (χ1) is 27.4. The van der Waals surface area contributed by atoms with Crippen LogP contribution in [0.15, 0.2) is 72.3 Å². The maximum Gasteiger partial charge on any atom is 0.348 e. The number of esters is 4. The number of nitrogens with zero attached hydrogens (tertiary/aromatic N) is 1. The summed E-state index contributed by atoms with van der Waals surface area (Å²) in [6, 6.07) is 13.7. The number of nitrogens with one attached hydrogen (secondary N) is 1. The third-order valence-corrected chi connectivity index (χ3v) is 9.86. The molecule has 2 amide bonds. The first-order valence-electron chi connectivity index (χ1n) is 19.2. The molecule has 2 aliphatic heterocycles. The van der Waals surface area contributed by atoms with Gasteiger partial charge in [0.1, 0.15) is 43.4 Å². The largest absolute Gasteiger partial charge is 0.462 e. The van der Waals surface area contributed by atoms with Crippen LogP contribution in [0.1, 0.15) is 75.4 Å². The molecule has 2 N–H and O–H groups in total. The summed E-state index contributed by atoms with van der Waals surface area (Å²) in [6.07, 6.45) is 1.01. The number of hydrogen-bond donors (Lipinski definition) is 2. The fraction of sp³-hybridized carbons (Fsp3) is 0.488. The van der Waals surface area contributed by atoms with Gasteiger partial charge >= 0.3 is 23.9 Å². The summed E-state index contributed by atoms with van der Waals surface area (Å²) in [5.74, 6) is -3.58. The van der Waals surface area contributed by atoms with Crippen molar-refractivity contribution in [1.29, 1.82) is 0 Å². The van der Waals surface area contributed by atoms with E-state index in [1.807, 2.05) is 30.3 Å². The normalized spacial score (nSPS) is 22.2. The highest BCUT2D eigenvalue weighted by molar-refractivity contribution is 5.98. The number of likely N-dealkylation sites (N-methyl/N-ethyl adjacent to an activating group) is 1. The molecule has 15 nitrogen and oxygen atoms in total. The van der Waals surface area contributed by atoms with Crippen molar-refractivity contribution >= 4 is 41.8 Å². The van der Waals surface area contributed by atoms with Gasteiger partial charge in [-0.1, -0.05) is 56.3 Å². The number of cyclic esters (lactones) is 1. The van der Waals surface area contributed by atoms with Gasteiger partial charge in [-0.2, -0.15) is 0 Å². The van der Waals surface area contributed by atoms with Crippen molar-refractivity contribution in [2.24, 2.45) is 5.41 Å². The van der Waals surface area contributed by atoms with Crippen molar-refractivity contribution < 1.29 is 62.3 Å². The van der Waals surface area contributed by atoms with Gasteiger partial charge in [0.2, 0.25) is 17.9 Å². The van der Waals surface area contributed by atoms with Crippen molar-refractivity contribution in [1.82, 2.24) is 10.2 Å². The van der Waals surface area contributed by atoms with Gasteiger partial charge in [0.25, 0.3) is 0 Å². The molecular formula is C43H52N2O13. The second-order valence-electron chi connectivity index (χ2n) is 16.2. The number of amides is 2. The molecule has 0 radical (unpaired) electrons. The molecule has 312 valence electrons. The van der Waals surface area contributed by atoms with Crippen LogP contribution in [0.5, 0.6) is 0 Å². The average Bonchev–Trinajstić information content (AvgIpc) is 3.77. The predicted molar refractivity (Wildman–Crippen MR) is 207 cm³/mol. The molecule has 2 aromatic rings. The monoisotopic (exact) mass is 804 g/mol. The van der Waals surface area contributed by atoms with E-state index in [1.54, 1.807) is 52.8 Å². The minimum absolute atomic E-state index is 0.0352. The summed E-state index contributed by atoms with van der Waals surface area (Å²) >= 11 is 0. The molecule has 5 rings (SSSR count). The molecule has 2 saturated heterocycles. The minimum Gasteiger partial charge on any atom is -0.462 e. The lowest BCUT2D eigenvalue weighted by Crippen LogP contribution is -2.53. The van der Waals surface area contributed by atoms with E-state index in [0.717, 1.165) is 11.6 Å². The van der Waals surface area contributed by atoms with Gasteiger partial charge in [0.15, 0.2) is 0 Å². The standard InChI is InChI=1S/C43H52N2O13/c1-42(2,3)58-35(48)18-16-30(23-46)44-38(49)31(20-26-11-8-7-9-12-26)45(6)39(50)29-21-32-36(55-25-54-32)33(22-29)56-40(51)28-14-10-13-27(19-28)15-17-34(47)57-37-41(52)53-24-43(37,4)5/h7-15,17,19,21,30-33,36-37,46H,16,18,20,22-25H2,1-6H3,(H,44,49)/t30-,31+,32+,33+,36+,37-/m0/s1. The molecule has 0 saturated carbocycles. The second-order valence-corrected chi connectivity index (χ2v) is 16.2. The van der Waals surface area contributed by atoms with E-state index in [0.29, 0.717) is 5.56 Å². The van der Waals surface area contributed by atoms with Gasteiger partial charge in [0, 0.05) is 43.4 Å². The van der Waals surface area contributed by atoms with Crippen LogP contribution >= 0.6 is 0 Å². The Kier molecular flexibility index (Phi) is 14.3. The lowest BCUT2D eigenvalue weighted by Gasteiger charge is -2.34. The fourth-order valence-electron chi connectivity index (χ4n) is 6.75. The van der Waals surface area contributed by atoms with Gasteiger partial charge in [0.05, 0.1) is 18.2 Å². The highest BCUT2D eigenvalue weighted by Crippen LogP contribution is 2.33. The highest BCUT2D eigenvalue weighted by Gasteiger charge is 2.47. The SMILES string of the molecule is CN(C(=O)C1=C[C@H]2OCO[C@H]2[C@H](OC(=O)c2cccc(C=CC(=O)O[C@H]3C(=O)OCC3(C)C)c2)C1)[C@H](Cc1ccccc1)C(=O)N[C@H](CO)CCC(=O)OC(C)(C)C. The van der Waals surface area contributed by atoms with Crippen molar-refractivity contribution in [2.45, 2.75) is 102 Å². The maximum atomic E-state index is 14.2. The summed E-state index contributed by atoms with van der Waals surface area (Å²) in [5.41, 5.74) is 0.316. The molecule has 58 heavy (non-hydrogen) atoms. The Balaban J connectivity index is 1.27. The summed E-state index contributed by atoms with van der Waals surface area (Å²) < 4.78 is 33.2. The van der Waals surface area contributed by atoms with E-state index in [9.17, 15) is 33.9 Å². The quantitative estimate of drug-likeness (QED) is 0.151. The van der Waals surface area contributed by atoms with Crippen LogP contribution in [0.4, 0.5) is 0 Å². The number of ether oxygens (including phenoxy) is 6. The molecular weight excluding hydrogens is 752 g/mol. The van der Waals surface area contributed by atoms with Crippen LogP contribution in [0.25, 0.3) is 6.08 Å². The number of hydrogen-bond acceptors (Lipinski definition) is 13. The van der Waals surface area contributed by atoms with Crippen molar-refractivity contribution in [2.75, 3.05) is 27.1 Å². The number of benzene rings is 2. The molecule has 2 aromatic carbocycles. The van der Waals surface area contributed by atoms with E-state index >= 15 is 0 Å². The van der Waals surface area contributed by atoms with Crippen LogP contribution in [0, 0.1) is 5.41 Å². The maximum absolute atomic E-state index is 14.2. The molecule has 0 unspecified atom stereocenters. The van der Waals surface area contributed by atoms with Crippen LogP contribution in [0.2, 0.25) is 0 Å². The summed E-state index contributed by atoms with van der Waals surface area (Å²) in [4.78, 5) is 79.8. The Bertz CT molecular complexity index is 1900. The van der Waals surface area contributed by atoms with Crippen LogP contribution in [-0.2, 0) is 58.8 Å². The Morgan fingerprint density at radius 3 is 2.45 bits per heavy atom. The van der Waals surface area contributed by atoms with Gasteiger partial charge in [-0.25, -0.2) is 14.4 Å². The van der Waals surface area contributed by atoms with Crippen LogP contribution < -0.4 is 5.32 Å². The zero-order valence-electron chi connectivity index (χ0n) is 33.6. The number of carbonyl (C=O) groups is 6. The van der Waals surface area contributed by atoms with Crippen LogP contribution in [-0.4, -0.2) is 115 Å². The topological polar surface area (TPSA) is 193 Å². The van der Waals surface area contributed by atoms with E-state index < -0.39 is 89.8 Å². The molecule has 0 spiro atoms. The Labute approximate surface area is 337 Å². The number of fused-ring (bicyclic) bond motifs is 1. The van der Waals surface area contributed by atoms with Gasteiger partial charge < -0.3 is 43.7 Å². The molecule has 0 bridgehead atoms. The fourth-order valence-corrected chi connectivity index (χ4v) is 6.75. The minimum atomic E-state index is -1.04. The Morgan fingerprint density at radius 1 is 1.03 bits per heavy atom. The number of carbonyl (C=O) groups excluding carboxylic acids is 6. The van der Waals surface area contributed by atoms with Crippen molar-refractivity contribution in [3.8, 4) is 0 Å². The Hall–Kier alpha value is -5.38. The van der Waals surface area contributed by atoms with E-state index in [4.69, 9.17) is 28.4 Å². The molecule has 2 fully saturated rings. The lowest BCUT2D eigenvalue weighted by atomic mass is 9.90.